The third kappa shape index (κ3) is 2.18. The fourth-order valence-corrected chi connectivity index (χ4v) is 2.11. The van der Waals surface area contributed by atoms with Crippen LogP contribution < -0.4 is 0 Å². The van der Waals surface area contributed by atoms with Gasteiger partial charge in [-0.05, 0) is 25.1 Å². The second-order valence-electron chi connectivity index (χ2n) is 3.38. The molecule has 2 N–H and O–H groups in total. The molecule has 0 bridgehead atoms. The molecule has 3 nitrogen and oxygen atoms in total. The summed E-state index contributed by atoms with van der Waals surface area (Å²) in [7, 11) is 0. The molecule has 1 atom stereocenters. The van der Waals surface area contributed by atoms with Crippen molar-refractivity contribution >= 4 is 34.1 Å². The summed E-state index contributed by atoms with van der Waals surface area (Å²) in [6.45, 7) is 2.25. The average Bonchev–Trinajstić information content (AvgIpc) is 2.62. The first-order valence-electron chi connectivity index (χ1n) is 4.89. The van der Waals surface area contributed by atoms with Crippen molar-refractivity contribution in [2.75, 3.05) is 6.61 Å². The maximum absolute atomic E-state index is 9.65. The van der Waals surface area contributed by atoms with Crippen LogP contribution in [0.25, 0.3) is 10.9 Å². The predicted molar refractivity (Wildman–Crippen MR) is 64.9 cm³/mol. The Balaban J connectivity index is 2.47. The van der Waals surface area contributed by atoms with Gasteiger partial charge in [0.25, 0.3) is 0 Å². The van der Waals surface area contributed by atoms with Gasteiger partial charge < -0.3 is 14.8 Å². The van der Waals surface area contributed by atoms with Gasteiger partial charge in [0, 0.05) is 22.5 Å². The first kappa shape index (κ1) is 11.7. The van der Waals surface area contributed by atoms with Crippen molar-refractivity contribution < 1.29 is 9.84 Å². The molecule has 2 rings (SSSR count). The molecule has 16 heavy (non-hydrogen) atoms. The number of aliphatic hydroxyl groups is 1. The Morgan fingerprint density at radius 3 is 2.81 bits per heavy atom. The number of rotatable bonds is 3. The van der Waals surface area contributed by atoms with Gasteiger partial charge >= 0.3 is 0 Å². The minimum Gasteiger partial charge on any atom is -0.363 e. The summed E-state index contributed by atoms with van der Waals surface area (Å²) in [5, 5.41) is 11.6. The zero-order valence-electron chi connectivity index (χ0n) is 8.63. The summed E-state index contributed by atoms with van der Waals surface area (Å²) < 4.78 is 5.08. The molecule has 0 saturated heterocycles. The SMILES string of the molecule is CCOC(O)c1cc2c(Cl)cc(Cl)cc2[nH]1. The molecule has 0 aliphatic carbocycles. The topological polar surface area (TPSA) is 45.2 Å². The molecule has 2 aromatic rings. The van der Waals surface area contributed by atoms with Crippen LogP contribution >= 0.6 is 23.2 Å². The molecule has 5 heteroatoms. The van der Waals surface area contributed by atoms with Gasteiger partial charge in [0.15, 0.2) is 6.29 Å². The van der Waals surface area contributed by atoms with Gasteiger partial charge in [-0.15, -0.1) is 0 Å². The number of hydrogen-bond donors (Lipinski definition) is 2. The number of aromatic nitrogens is 1. The lowest BCUT2D eigenvalue weighted by atomic mass is 10.2. The van der Waals surface area contributed by atoms with Crippen LogP contribution in [0.3, 0.4) is 0 Å². The van der Waals surface area contributed by atoms with E-state index in [1.165, 1.54) is 0 Å². The Bertz CT molecular complexity index is 510. The summed E-state index contributed by atoms with van der Waals surface area (Å²) in [6, 6.07) is 5.18. The smallest absolute Gasteiger partial charge is 0.196 e. The fourth-order valence-electron chi connectivity index (χ4n) is 1.56. The van der Waals surface area contributed by atoms with E-state index in [-0.39, 0.29) is 0 Å². The highest BCUT2D eigenvalue weighted by molar-refractivity contribution is 6.38. The van der Waals surface area contributed by atoms with E-state index in [1.54, 1.807) is 18.2 Å². The van der Waals surface area contributed by atoms with Gasteiger partial charge in [0.2, 0.25) is 0 Å². The van der Waals surface area contributed by atoms with Crippen LogP contribution in [-0.4, -0.2) is 16.7 Å². The van der Waals surface area contributed by atoms with E-state index in [2.05, 4.69) is 4.98 Å². The third-order valence-corrected chi connectivity index (χ3v) is 2.79. The van der Waals surface area contributed by atoms with Crippen LogP contribution in [0.2, 0.25) is 10.0 Å². The van der Waals surface area contributed by atoms with Crippen LogP contribution in [0.15, 0.2) is 18.2 Å². The number of benzene rings is 1. The van der Waals surface area contributed by atoms with Crippen molar-refractivity contribution in [1.82, 2.24) is 4.98 Å². The molecule has 1 aromatic heterocycles. The normalized spacial score (nSPS) is 13.2. The lowest BCUT2D eigenvalue weighted by Crippen LogP contribution is -2.02. The summed E-state index contributed by atoms with van der Waals surface area (Å²) in [5.74, 6) is 0. The van der Waals surface area contributed by atoms with Crippen LogP contribution in [0, 0.1) is 0 Å². The minimum absolute atomic E-state index is 0.436. The molecule has 0 fully saturated rings. The molecule has 0 saturated carbocycles. The van der Waals surface area contributed by atoms with Crippen molar-refractivity contribution in [3.05, 3.63) is 33.9 Å². The van der Waals surface area contributed by atoms with Crippen LogP contribution in [0.1, 0.15) is 18.9 Å². The maximum Gasteiger partial charge on any atom is 0.196 e. The molecule has 0 amide bonds. The van der Waals surface area contributed by atoms with Crippen molar-refractivity contribution in [3.8, 4) is 0 Å². The second kappa shape index (κ2) is 4.63. The lowest BCUT2D eigenvalue weighted by Gasteiger charge is -2.07. The Morgan fingerprint density at radius 2 is 2.12 bits per heavy atom. The molecule has 0 radical (unpaired) electrons. The second-order valence-corrected chi connectivity index (χ2v) is 4.22. The molecule has 0 aliphatic heterocycles. The van der Waals surface area contributed by atoms with Gasteiger partial charge in [-0.3, -0.25) is 0 Å². The molecule has 1 aromatic carbocycles. The number of nitrogens with one attached hydrogen (secondary N) is 1. The molecule has 86 valence electrons. The summed E-state index contributed by atoms with van der Waals surface area (Å²) in [5.41, 5.74) is 1.35. The van der Waals surface area contributed by atoms with Crippen LogP contribution in [0.5, 0.6) is 0 Å². The Kier molecular flexibility index (Phi) is 3.40. The van der Waals surface area contributed by atoms with Gasteiger partial charge in [0.1, 0.15) is 0 Å². The summed E-state index contributed by atoms with van der Waals surface area (Å²) in [4.78, 5) is 3.02. The Labute approximate surface area is 103 Å². The van der Waals surface area contributed by atoms with Crippen LogP contribution in [0.4, 0.5) is 0 Å². The number of hydrogen-bond acceptors (Lipinski definition) is 2. The largest absolute Gasteiger partial charge is 0.363 e. The summed E-state index contributed by atoms with van der Waals surface area (Å²) >= 11 is 11.9. The number of aliphatic hydroxyl groups excluding tert-OH is 1. The minimum atomic E-state index is -0.966. The molecule has 1 heterocycles. The van der Waals surface area contributed by atoms with E-state index in [1.807, 2.05) is 6.92 Å². The van der Waals surface area contributed by atoms with Crippen molar-refractivity contribution in [2.24, 2.45) is 0 Å². The average molecular weight is 260 g/mol. The number of ether oxygens (including phenoxy) is 1. The van der Waals surface area contributed by atoms with Gasteiger partial charge in [-0.1, -0.05) is 23.2 Å². The first-order valence-corrected chi connectivity index (χ1v) is 5.64. The summed E-state index contributed by atoms with van der Waals surface area (Å²) in [6.07, 6.45) is -0.966. The molecular weight excluding hydrogens is 249 g/mol. The maximum atomic E-state index is 9.65. The van der Waals surface area contributed by atoms with E-state index in [4.69, 9.17) is 27.9 Å². The standard InChI is InChI=1S/C11H11Cl2NO2/c1-2-16-11(15)10-5-7-8(13)3-6(12)4-9(7)14-10/h3-5,11,14-15H,2H2,1H3. The molecular formula is C11H11Cl2NO2. The highest BCUT2D eigenvalue weighted by atomic mass is 35.5. The van der Waals surface area contributed by atoms with Gasteiger partial charge in [-0.2, -0.15) is 0 Å². The molecule has 0 aliphatic rings. The number of aromatic amines is 1. The molecule has 0 spiro atoms. The van der Waals surface area contributed by atoms with E-state index in [0.717, 1.165) is 10.9 Å². The van der Waals surface area contributed by atoms with E-state index in [0.29, 0.717) is 22.3 Å². The number of H-pyrrole nitrogens is 1. The van der Waals surface area contributed by atoms with Gasteiger partial charge in [-0.25, -0.2) is 0 Å². The monoisotopic (exact) mass is 259 g/mol. The van der Waals surface area contributed by atoms with Crippen LogP contribution in [-0.2, 0) is 4.74 Å². The third-order valence-electron chi connectivity index (χ3n) is 2.26. The van der Waals surface area contributed by atoms with E-state index >= 15 is 0 Å². The van der Waals surface area contributed by atoms with Crippen molar-refractivity contribution in [2.45, 2.75) is 13.2 Å². The Hall–Kier alpha value is -0.740. The Morgan fingerprint density at radius 1 is 1.38 bits per heavy atom. The van der Waals surface area contributed by atoms with E-state index in [9.17, 15) is 5.11 Å². The van der Waals surface area contributed by atoms with Crippen molar-refractivity contribution in [1.29, 1.82) is 0 Å². The highest BCUT2D eigenvalue weighted by Crippen LogP contribution is 2.30. The number of halogens is 2. The van der Waals surface area contributed by atoms with Gasteiger partial charge in [0.05, 0.1) is 10.7 Å². The highest BCUT2D eigenvalue weighted by Gasteiger charge is 2.12. The predicted octanol–water partition coefficient (Wildman–Crippen LogP) is 3.50. The zero-order valence-corrected chi connectivity index (χ0v) is 10.1. The molecule has 1 unspecified atom stereocenters. The van der Waals surface area contributed by atoms with E-state index < -0.39 is 6.29 Å². The zero-order chi connectivity index (χ0) is 11.7. The lowest BCUT2D eigenvalue weighted by molar-refractivity contribution is -0.100. The number of fused-ring (bicyclic) bond motifs is 1. The van der Waals surface area contributed by atoms with Crippen molar-refractivity contribution in [3.63, 3.8) is 0 Å². The fraction of sp³-hybridized carbons (Fsp3) is 0.273. The quantitative estimate of drug-likeness (QED) is 0.829. The first-order chi connectivity index (χ1) is 7.61.